The summed E-state index contributed by atoms with van der Waals surface area (Å²) >= 11 is 0. The van der Waals surface area contributed by atoms with Crippen LogP contribution in [0.3, 0.4) is 0 Å². The lowest BCUT2D eigenvalue weighted by Gasteiger charge is -2.24. The predicted octanol–water partition coefficient (Wildman–Crippen LogP) is 2.58. The Hall–Kier alpha value is -2.57. The second kappa shape index (κ2) is 9.22. The molecule has 1 aromatic carbocycles. The number of nitrogens with zero attached hydrogens (tertiary/aromatic N) is 1. The molecule has 0 aromatic heterocycles. The number of amides is 2. The van der Waals surface area contributed by atoms with Gasteiger partial charge in [-0.15, -0.1) is 0 Å². The van der Waals surface area contributed by atoms with Crippen LogP contribution >= 0.6 is 0 Å². The van der Waals surface area contributed by atoms with Crippen molar-refractivity contribution in [2.75, 3.05) is 19.0 Å². The fourth-order valence-corrected chi connectivity index (χ4v) is 3.17. The van der Waals surface area contributed by atoms with E-state index in [4.69, 9.17) is 9.84 Å². The first kappa shape index (κ1) is 19.8. The molecule has 0 saturated carbocycles. The highest BCUT2D eigenvalue weighted by Gasteiger charge is 2.34. The minimum atomic E-state index is -0.858. The number of methoxy groups -OCH3 is 1. The maximum absolute atomic E-state index is 12.7. The average Bonchev–Trinajstić information content (AvgIpc) is 3.08. The molecule has 0 aliphatic carbocycles. The van der Waals surface area contributed by atoms with E-state index in [-0.39, 0.29) is 24.7 Å². The number of carboxylic acid groups (broad SMARTS) is 1. The monoisotopic (exact) mass is 362 g/mol. The summed E-state index contributed by atoms with van der Waals surface area (Å²) in [5, 5.41) is 11.5. The van der Waals surface area contributed by atoms with E-state index in [0.29, 0.717) is 37.2 Å². The Morgan fingerprint density at radius 1 is 1.27 bits per heavy atom. The summed E-state index contributed by atoms with van der Waals surface area (Å²) in [7, 11) is 1.54. The summed E-state index contributed by atoms with van der Waals surface area (Å²) in [6, 6.07) is 5.04. The van der Waals surface area contributed by atoms with Gasteiger partial charge < -0.3 is 20.1 Å². The van der Waals surface area contributed by atoms with E-state index in [9.17, 15) is 14.4 Å². The van der Waals surface area contributed by atoms with E-state index in [1.807, 2.05) is 19.1 Å². The molecule has 0 bridgehead atoms. The van der Waals surface area contributed by atoms with Crippen LogP contribution in [0.1, 0.15) is 44.1 Å². The van der Waals surface area contributed by atoms with E-state index in [1.165, 1.54) is 0 Å². The number of anilines is 1. The first-order chi connectivity index (χ1) is 12.4. The van der Waals surface area contributed by atoms with Gasteiger partial charge in [0.1, 0.15) is 11.8 Å². The van der Waals surface area contributed by atoms with Gasteiger partial charge in [-0.2, -0.15) is 0 Å². The third kappa shape index (κ3) is 5.21. The third-order valence-electron chi connectivity index (χ3n) is 4.52. The molecule has 1 saturated heterocycles. The van der Waals surface area contributed by atoms with Crippen LogP contribution in [-0.2, 0) is 14.4 Å². The van der Waals surface area contributed by atoms with Crippen molar-refractivity contribution in [2.24, 2.45) is 0 Å². The van der Waals surface area contributed by atoms with Crippen LogP contribution in [0.25, 0.3) is 0 Å². The predicted molar refractivity (Wildman–Crippen MR) is 97.2 cm³/mol. The topological polar surface area (TPSA) is 95.9 Å². The van der Waals surface area contributed by atoms with Gasteiger partial charge >= 0.3 is 5.97 Å². The minimum absolute atomic E-state index is 0.0599. The molecule has 0 radical (unpaired) electrons. The molecule has 2 rings (SSSR count). The van der Waals surface area contributed by atoms with Crippen molar-refractivity contribution in [3.05, 3.63) is 23.8 Å². The Labute approximate surface area is 153 Å². The maximum atomic E-state index is 12.7. The third-order valence-corrected chi connectivity index (χ3v) is 4.52. The minimum Gasteiger partial charge on any atom is -0.495 e. The summed E-state index contributed by atoms with van der Waals surface area (Å²) in [5.74, 6) is -0.592. The summed E-state index contributed by atoms with van der Waals surface area (Å²) < 4.78 is 5.28. The molecular weight excluding hydrogens is 336 g/mol. The molecule has 7 heteroatoms. The van der Waals surface area contributed by atoms with Crippen LogP contribution in [0.4, 0.5) is 5.69 Å². The smallest absolute Gasteiger partial charge is 0.303 e. The van der Waals surface area contributed by atoms with Crippen LogP contribution in [0.5, 0.6) is 5.75 Å². The van der Waals surface area contributed by atoms with Crippen molar-refractivity contribution < 1.29 is 24.2 Å². The lowest BCUT2D eigenvalue weighted by atomic mass is 10.1. The number of likely N-dealkylation sites (tertiary alicyclic amines) is 1. The lowest BCUT2D eigenvalue weighted by Crippen LogP contribution is -2.43. The summed E-state index contributed by atoms with van der Waals surface area (Å²) in [6.45, 7) is 2.48. The number of hydrogen-bond donors (Lipinski definition) is 2. The van der Waals surface area contributed by atoms with Gasteiger partial charge in [0.25, 0.3) is 0 Å². The van der Waals surface area contributed by atoms with Gasteiger partial charge in [-0.3, -0.25) is 14.4 Å². The van der Waals surface area contributed by atoms with Crippen LogP contribution in [-0.4, -0.2) is 47.5 Å². The molecule has 2 amide bonds. The number of unbranched alkanes of at least 4 members (excludes halogenated alkanes) is 1. The second-order valence-electron chi connectivity index (χ2n) is 6.54. The van der Waals surface area contributed by atoms with Crippen molar-refractivity contribution in [3.8, 4) is 5.75 Å². The van der Waals surface area contributed by atoms with E-state index < -0.39 is 12.0 Å². The van der Waals surface area contributed by atoms with Crippen LogP contribution < -0.4 is 10.1 Å². The van der Waals surface area contributed by atoms with Gasteiger partial charge in [-0.05, 0) is 50.3 Å². The van der Waals surface area contributed by atoms with Crippen molar-refractivity contribution >= 4 is 23.5 Å². The zero-order valence-electron chi connectivity index (χ0n) is 15.3. The Kier molecular flexibility index (Phi) is 7.00. The average molecular weight is 362 g/mol. The summed E-state index contributed by atoms with van der Waals surface area (Å²) in [6.07, 6.45) is 2.72. The standard InChI is InChI=1S/C19H26N2O5/c1-13-9-10-16(26-2)14(12-13)20-19(25)15-6-5-11-21(15)17(22)7-3-4-8-18(23)24/h9-10,12,15H,3-8,11H2,1-2H3,(H,20,25)(H,23,24). The first-order valence-electron chi connectivity index (χ1n) is 8.89. The highest BCUT2D eigenvalue weighted by Crippen LogP contribution is 2.27. The van der Waals surface area contributed by atoms with Gasteiger partial charge in [0.2, 0.25) is 11.8 Å². The molecule has 1 heterocycles. The van der Waals surface area contributed by atoms with E-state index in [0.717, 1.165) is 12.0 Å². The van der Waals surface area contributed by atoms with Crippen LogP contribution in [0.2, 0.25) is 0 Å². The molecule has 1 unspecified atom stereocenters. The number of ether oxygens (including phenoxy) is 1. The number of benzene rings is 1. The highest BCUT2D eigenvalue weighted by atomic mass is 16.5. The van der Waals surface area contributed by atoms with E-state index in [2.05, 4.69) is 5.32 Å². The van der Waals surface area contributed by atoms with Crippen molar-refractivity contribution in [3.63, 3.8) is 0 Å². The fourth-order valence-electron chi connectivity index (χ4n) is 3.17. The SMILES string of the molecule is COc1ccc(C)cc1NC(=O)C1CCCN1C(=O)CCCCC(=O)O. The Morgan fingerprint density at radius 2 is 2.00 bits per heavy atom. The van der Waals surface area contributed by atoms with Crippen LogP contribution in [0, 0.1) is 6.92 Å². The maximum Gasteiger partial charge on any atom is 0.303 e. The molecule has 7 nitrogen and oxygen atoms in total. The lowest BCUT2D eigenvalue weighted by molar-refractivity contribution is -0.138. The Morgan fingerprint density at radius 3 is 2.69 bits per heavy atom. The largest absolute Gasteiger partial charge is 0.495 e. The number of hydrogen-bond acceptors (Lipinski definition) is 4. The van der Waals surface area contributed by atoms with Gasteiger partial charge in [-0.1, -0.05) is 6.07 Å². The Balaban J connectivity index is 1.96. The van der Waals surface area contributed by atoms with Gasteiger partial charge in [0, 0.05) is 19.4 Å². The zero-order chi connectivity index (χ0) is 19.1. The summed E-state index contributed by atoms with van der Waals surface area (Å²) in [5.41, 5.74) is 1.59. The number of aliphatic carboxylic acids is 1. The van der Waals surface area contributed by atoms with Crippen LogP contribution in [0.15, 0.2) is 18.2 Å². The Bertz CT molecular complexity index is 674. The van der Waals surface area contributed by atoms with Gasteiger partial charge in [-0.25, -0.2) is 0 Å². The van der Waals surface area contributed by atoms with E-state index in [1.54, 1.807) is 18.1 Å². The summed E-state index contributed by atoms with van der Waals surface area (Å²) in [4.78, 5) is 37.2. The normalized spacial score (nSPS) is 16.4. The van der Waals surface area contributed by atoms with Gasteiger partial charge in [0.15, 0.2) is 0 Å². The molecular formula is C19H26N2O5. The van der Waals surface area contributed by atoms with E-state index >= 15 is 0 Å². The molecule has 2 N–H and O–H groups in total. The molecule has 26 heavy (non-hydrogen) atoms. The second-order valence-corrected chi connectivity index (χ2v) is 6.54. The number of rotatable bonds is 8. The number of nitrogens with one attached hydrogen (secondary N) is 1. The molecule has 142 valence electrons. The molecule has 1 fully saturated rings. The molecule has 0 spiro atoms. The first-order valence-corrected chi connectivity index (χ1v) is 8.89. The van der Waals surface area contributed by atoms with Gasteiger partial charge in [0.05, 0.1) is 12.8 Å². The van der Waals surface area contributed by atoms with Crippen molar-refractivity contribution in [1.82, 2.24) is 4.90 Å². The number of carboxylic acids is 1. The molecule has 1 aliphatic heterocycles. The van der Waals surface area contributed by atoms with Crippen molar-refractivity contribution in [1.29, 1.82) is 0 Å². The number of carbonyl (C=O) groups is 3. The number of carbonyl (C=O) groups excluding carboxylic acids is 2. The molecule has 1 aliphatic rings. The highest BCUT2D eigenvalue weighted by molar-refractivity contribution is 5.98. The fraction of sp³-hybridized carbons (Fsp3) is 0.526. The zero-order valence-corrected chi connectivity index (χ0v) is 15.3. The quantitative estimate of drug-likeness (QED) is 0.693. The van der Waals surface area contributed by atoms with Crippen molar-refractivity contribution in [2.45, 2.75) is 51.5 Å². The molecule has 1 aromatic rings. The molecule has 1 atom stereocenters. The number of aryl methyl sites for hydroxylation is 1.